The average molecular weight is 338 g/mol. The summed E-state index contributed by atoms with van der Waals surface area (Å²) in [5, 5.41) is 16.0. The number of nitrogens with one attached hydrogen (secondary N) is 1. The van der Waals surface area contributed by atoms with Gasteiger partial charge < -0.3 is 15.3 Å². The monoisotopic (exact) mass is 338 g/mol. The molecule has 0 saturated carbocycles. The van der Waals surface area contributed by atoms with Crippen LogP contribution in [0, 0.1) is 0 Å². The van der Waals surface area contributed by atoms with Gasteiger partial charge in [-0.2, -0.15) is 0 Å². The molecule has 0 radical (unpaired) electrons. The Hall–Kier alpha value is -1.88. The number of carbonyl (C=O) groups is 1. The fraction of sp³-hybridized carbons (Fsp3) is 0.579. The number of carboxylic acid groups (broad SMARTS) is 1. The van der Waals surface area contributed by atoms with E-state index in [1.807, 2.05) is 72.7 Å². The molecule has 0 aliphatic heterocycles. The molecule has 1 rings (SSSR count). The van der Waals surface area contributed by atoms with Crippen molar-refractivity contribution in [2.24, 2.45) is 5.16 Å². The first-order valence-corrected chi connectivity index (χ1v) is 8.80. The second kappa shape index (κ2) is 16.0. The highest BCUT2D eigenvalue weighted by molar-refractivity contribution is 5.98. The van der Waals surface area contributed by atoms with E-state index in [4.69, 9.17) is 9.94 Å². The van der Waals surface area contributed by atoms with Crippen molar-refractivity contribution in [1.29, 1.82) is 0 Å². The molecule has 0 heterocycles. The van der Waals surface area contributed by atoms with Crippen LogP contribution in [0.3, 0.4) is 0 Å². The van der Waals surface area contributed by atoms with Gasteiger partial charge in [0.2, 0.25) is 0 Å². The van der Waals surface area contributed by atoms with Crippen molar-refractivity contribution >= 4 is 11.7 Å². The second-order valence-electron chi connectivity index (χ2n) is 4.44. The number of rotatable bonds is 8. The number of benzene rings is 1. The average Bonchev–Trinajstić information content (AvgIpc) is 2.63. The summed E-state index contributed by atoms with van der Waals surface area (Å²) >= 11 is 0. The van der Waals surface area contributed by atoms with Gasteiger partial charge in [-0.3, -0.25) is 4.79 Å². The smallest absolute Gasteiger partial charge is 0.321 e. The standard InChI is InChI=1S/C15H22N2O3.2C2H6/c1-4-16-14(15(18)19)10-12-6-8-13(9-7-12)11(3)17-20-5-2;2*1-2/h6-9,14,16H,4-5,10H2,1-3H3,(H,18,19);2*1-2H3/b17-11-;;. The zero-order valence-corrected chi connectivity index (χ0v) is 16.2. The van der Waals surface area contributed by atoms with E-state index in [0.29, 0.717) is 19.6 Å². The van der Waals surface area contributed by atoms with E-state index in [2.05, 4.69) is 10.5 Å². The normalized spacial score (nSPS) is 11.4. The SMILES string of the molecule is CC.CC.CCNC(Cc1ccc(/C(C)=N\OCC)cc1)C(=O)O. The van der Waals surface area contributed by atoms with Gasteiger partial charge >= 0.3 is 5.97 Å². The van der Waals surface area contributed by atoms with Crippen molar-refractivity contribution in [2.75, 3.05) is 13.2 Å². The van der Waals surface area contributed by atoms with E-state index >= 15 is 0 Å². The van der Waals surface area contributed by atoms with Gasteiger partial charge in [-0.15, -0.1) is 0 Å². The third kappa shape index (κ3) is 10.0. The largest absolute Gasteiger partial charge is 0.480 e. The van der Waals surface area contributed by atoms with Crippen LogP contribution in [0.15, 0.2) is 29.4 Å². The van der Waals surface area contributed by atoms with Crippen molar-refractivity contribution in [1.82, 2.24) is 5.32 Å². The van der Waals surface area contributed by atoms with Crippen molar-refractivity contribution in [3.8, 4) is 0 Å². The number of aliphatic carboxylic acids is 1. The predicted molar refractivity (Wildman–Crippen MR) is 102 cm³/mol. The zero-order chi connectivity index (χ0) is 19.0. The third-order valence-electron chi connectivity index (χ3n) is 2.89. The minimum atomic E-state index is -0.829. The Balaban J connectivity index is 0. The first-order valence-electron chi connectivity index (χ1n) is 8.80. The molecule has 0 bridgehead atoms. The van der Waals surface area contributed by atoms with E-state index < -0.39 is 12.0 Å². The van der Waals surface area contributed by atoms with E-state index in [1.54, 1.807) is 0 Å². The topological polar surface area (TPSA) is 70.9 Å². The molecule has 1 unspecified atom stereocenters. The summed E-state index contributed by atoms with van der Waals surface area (Å²) in [4.78, 5) is 16.1. The molecule has 0 fully saturated rings. The van der Waals surface area contributed by atoms with Gasteiger partial charge in [-0.05, 0) is 37.9 Å². The van der Waals surface area contributed by atoms with Crippen LogP contribution >= 0.6 is 0 Å². The Morgan fingerprint density at radius 3 is 2.12 bits per heavy atom. The molecule has 5 nitrogen and oxygen atoms in total. The fourth-order valence-corrected chi connectivity index (χ4v) is 1.83. The molecule has 2 N–H and O–H groups in total. The molecule has 0 aromatic heterocycles. The Kier molecular flexibility index (Phi) is 16.2. The lowest BCUT2D eigenvalue weighted by Crippen LogP contribution is -2.38. The molecule has 0 amide bonds. The summed E-state index contributed by atoms with van der Waals surface area (Å²) in [6.45, 7) is 14.8. The molecule has 0 aliphatic rings. The van der Waals surface area contributed by atoms with Gasteiger partial charge in [0, 0.05) is 0 Å². The van der Waals surface area contributed by atoms with Crippen LogP contribution < -0.4 is 5.32 Å². The lowest BCUT2D eigenvalue weighted by atomic mass is 10.0. The summed E-state index contributed by atoms with van der Waals surface area (Å²) in [6.07, 6.45) is 0.463. The van der Waals surface area contributed by atoms with Crippen LogP contribution in [0.2, 0.25) is 0 Å². The first-order chi connectivity index (χ1) is 11.6. The van der Waals surface area contributed by atoms with Gasteiger partial charge in [-0.25, -0.2) is 0 Å². The highest BCUT2D eigenvalue weighted by Crippen LogP contribution is 2.09. The maximum absolute atomic E-state index is 11.1. The number of carboxylic acids is 1. The molecule has 0 saturated heterocycles. The Bertz CT molecular complexity index is 456. The summed E-state index contributed by atoms with van der Waals surface area (Å²) in [6, 6.07) is 7.15. The summed E-state index contributed by atoms with van der Waals surface area (Å²) < 4.78 is 0. The Morgan fingerprint density at radius 1 is 1.17 bits per heavy atom. The third-order valence-corrected chi connectivity index (χ3v) is 2.89. The fourth-order valence-electron chi connectivity index (χ4n) is 1.83. The van der Waals surface area contributed by atoms with Crippen molar-refractivity contribution in [3.63, 3.8) is 0 Å². The van der Waals surface area contributed by atoms with Crippen molar-refractivity contribution in [3.05, 3.63) is 35.4 Å². The van der Waals surface area contributed by atoms with E-state index in [0.717, 1.165) is 16.8 Å². The van der Waals surface area contributed by atoms with E-state index in [-0.39, 0.29) is 0 Å². The van der Waals surface area contributed by atoms with Crippen molar-refractivity contribution in [2.45, 2.75) is 60.9 Å². The van der Waals surface area contributed by atoms with Crippen molar-refractivity contribution < 1.29 is 14.7 Å². The zero-order valence-electron chi connectivity index (χ0n) is 16.2. The quantitative estimate of drug-likeness (QED) is 0.553. The van der Waals surface area contributed by atoms with Crippen LogP contribution in [0.25, 0.3) is 0 Å². The number of hydrogen-bond donors (Lipinski definition) is 2. The maximum atomic E-state index is 11.1. The summed E-state index contributed by atoms with van der Waals surface area (Å²) in [5.41, 5.74) is 2.75. The van der Waals surface area contributed by atoms with E-state index in [1.165, 1.54) is 0 Å². The lowest BCUT2D eigenvalue weighted by molar-refractivity contribution is -0.139. The van der Waals surface area contributed by atoms with Crippen LogP contribution in [0.5, 0.6) is 0 Å². The van der Waals surface area contributed by atoms with Crippen LogP contribution in [-0.4, -0.2) is 36.0 Å². The van der Waals surface area contributed by atoms with Gasteiger partial charge in [-0.1, -0.05) is 64.0 Å². The second-order valence-corrected chi connectivity index (χ2v) is 4.44. The first kappa shape index (κ1) is 24.4. The number of nitrogens with zero attached hydrogens (tertiary/aromatic N) is 1. The Morgan fingerprint density at radius 2 is 1.71 bits per heavy atom. The molecule has 1 atom stereocenters. The number of likely N-dealkylation sites (N-methyl/N-ethyl adjacent to an activating group) is 1. The van der Waals surface area contributed by atoms with Gasteiger partial charge in [0.05, 0.1) is 5.71 Å². The maximum Gasteiger partial charge on any atom is 0.321 e. The minimum Gasteiger partial charge on any atom is -0.480 e. The molecule has 5 heteroatoms. The molecule has 0 aliphatic carbocycles. The molecule has 0 spiro atoms. The minimum absolute atomic E-state index is 0.463. The van der Waals surface area contributed by atoms with Crippen LogP contribution in [0.4, 0.5) is 0 Å². The van der Waals surface area contributed by atoms with Gasteiger partial charge in [0.1, 0.15) is 12.6 Å². The van der Waals surface area contributed by atoms with Crippen LogP contribution in [0.1, 0.15) is 59.6 Å². The molecule has 24 heavy (non-hydrogen) atoms. The highest BCUT2D eigenvalue weighted by Gasteiger charge is 2.16. The van der Waals surface area contributed by atoms with E-state index in [9.17, 15) is 4.79 Å². The molecular formula is C19H34N2O3. The summed E-state index contributed by atoms with van der Waals surface area (Å²) in [7, 11) is 0. The number of hydrogen-bond acceptors (Lipinski definition) is 4. The predicted octanol–water partition coefficient (Wildman–Crippen LogP) is 4.10. The Labute approximate surface area is 147 Å². The van der Waals surface area contributed by atoms with Crippen LogP contribution in [-0.2, 0) is 16.1 Å². The molecule has 1 aromatic carbocycles. The molecular weight excluding hydrogens is 304 g/mol. The molecule has 1 aromatic rings. The van der Waals surface area contributed by atoms with Gasteiger partial charge in [0.15, 0.2) is 0 Å². The lowest BCUT2D eigenvalue weighted by Gasteiger charge is -2.13. The number of oxime groups is 1. The van der Waals surface area contributed by atoms with Gasteiger partial charge in [0.25, 0.3) is 0 Å². The highest BCUT2D eigenvalue weighted by atomic mass is 16.6. The molecule has 138 valence electrons. The summed E-state index contributed by atoms with van der Waals surface area (Å²) in [5.74, 6) is -0.829.